The molecule has 7 nitrogen and oxygen atoms in total. The molecular weight excluding hydrogens is 426 g/mol. The minimum atomic E-state index is -2.71. The van der Waals surface area contributed by atoms with E-state index in [1.807, 2.05) is 29.2 Å². The molecule has 0 aliphatic carbocycles. The van der Waals surface area contributed by atoms with E-state index in [0.717, 1.165) is 48.7 Å². The van der Waals surface area contributed by atoms with E-state index in [-0.39, 0.29) is 12.4 Å². The fraction of sp³-hybridized carbons (Fsp3) is 0.333. The van der Waals surface area contributed by atoms with Gasteiger partial charge in [0.2, 0.25) is 0 Å². The Morgan fingerprint density at radius 2 is 2.15 bits per heavy atom. The van der Waals surface area contributed by atoms with E-state index in [1.54, 1.807) is 24.4 Å². The largest absolute Gasteiger partial charge is 0.485 e. The summed E-state index contributed by atoms with van der Waals surface area (Å²) in [6.07, 6.45) is 8.65. The van der Waals surface area contributed by atoms with Crippen molar-refractivity contribution in [3.8, 4) is 28.7 Å². The molecule has 1 fully saturated rings. The predicted octanol–water partition coefficient (Wildman–Crippen LogP) is 3.66. The molecule has 7 heteroatoms. The number of benzene rings is 1. The van der Waals surface area contributed by atoms with E-state index in [1.165, 1.54) is 0 Å². The van der Waals surface area contributed by atoms with Crippen molar-refractivity contribution in [2.45, 2.75) is 37.9 Å². The fourth-order valence-electron chi connectivity index (χ4n) is 3.79. The fourth-order valence-corrected chi connectivity index (χ4v) is 3.79. The number of nitrogen functional groups attached to an aromatic ring is 1. The molecule has 0 bridgehead atoms. The summed E-state index contributed by atoms with van der Waals surface area (Å²) < 4.78 is 30.4. The quantitative estimate of drug-likeness (QED) is 0.431. The summed E-state index contributed by atoms with van der Waals surface area (Å²) in [5, 5.41) is 14.8. The van der Waals surface area contributed by atoms with E-state index in [9.17, 15) is 5.11 Å². The monoisotopic (exact) mass is 460 g/mol. The van der Waals surface area contributed by atoms with Crippen LogP contribution < -0.4 is 10.5 Å². The van der Waals surface area contributed by atoms with Gasteiger partial charge in [0, 0.05) is 33.2 Å². The highest BCUT2D eigenvalue weighted by molar-refractivity contribution is 5.65. The number of aromatic nitrogens is 3. The van der Waals surface area contributed by atoms with E-state index in [2.05, 4.69) is 40.5 Å². The highest BCUT2D eigenvalue weighted by atomic mass is 16.5. The summed E-state index contributed by atoms with van der Waals surface area (Å²) in [6.45, 7) is 3.01. The Morgan fingerprint density at radius 3 is 2.91 bits per heavy atom. The zero-order chi connectivity index (χ0) is 26.6. The number of nitrogens with zero attached hydrogens (tertiary/aromatic N) is 4. The third-order valence-corrected chi connectivity index (χ3v) is 5.89. The first-order chi connectivity index (χ1) is 17.6. The average Bonchev–Trinajstić information content (AvgIpc) is 3.37. The van der Waals surface area contributed by atoms with Crippen molar-refractivity contribution < 1.29 is 14.0 Å². The molecule has 0 spiro atoms. The Bertz CT molecular complexity index is 1320. The molecule has 1 aliphatic rings. The summed E-state index contributed by atoms with van der Waals surface area (Å²) in [7, 11) is 2.14. The van der Waals surface area contributed by atoms with Crippen molar-refractivity contribution in [1.29, 1.82) is 0 Å². The molecule has 34 heavy (non-hydrogen) atoms. The molecule has 1 atom stereocenters. The van der Waals surface area contributed by atoms with Crippen molar-refractivity contribution in [2.75, 3.05) is 25.9 Å². The number of hydrogen-bond donors (Lipinski definition) is 2. The number of piperidine rings is 1. The second-order valence-electron chi connectivity index (χ2n) is 8.56. The summed E-state index contributed by atoms with van der Waals surface area (Å²) in [6, 6.07) is 9.35. The van der Waals surface area contributed by atoms with Crippen LogP contribution in [-0.4, -0.2) is 50.5 Å². The number of pyridine rings is 1. The van der Waals surface area contributed by atoms with Gasteiger partial charge in [-0.1, -0.05) is 30.6 Å². The SMILES string of the molecule is [2H]C([2H])([2H])C(O)(C#Cc1cccc(COc2cc(-c3cnn(C4CCN(C)CC4)c3)cnc2N)c1)C=C. The van der Waals surface area contributed by atoms with Crippen molar-refractivity contribution >= 4 is 5.82 Å². The molecule has 3 heterocycles. The van der Waals surface area contributed by atoms with Crippen molar-refractivity contribution in [1.82, 2.24) is 19.7 Å². The third kappa shape index (κ3) is 5.84. The number of ether oxygens (including phenoxy) is 1. The van der Waals surface area contributed by atoms with Gasteiger partial charge in [-0.2, -0.15) is 5.10 Å². The summed E-state index contributed by atoms with van der Waals surface area (Å²) in [4.78, 5) is 6.63. The van der Waals surface area contributed by atoms with Gasteiger partial charge in [-0.3, -0.25) is 4.68 Å². The molecule has 2 aromatic heterocycles. The maximum atomic E-state index is 10.3. The topological polar surface area (TPSA) is 89.4 Å². The molecule has 3 N–H and O–H groups in total. The van der Waals surface area contributed by atoms with Gasteiger partial charge in [-0.25, -0.2) is 4.98 Å². The Labute approximate surface area is 205 Å². The van der Waals surface area contributed by atoms with Crippen LogP contribution in [0.2, 0.25) is 0 Å². The molecule has 3 aromatic rings. The number of likely N-dealkylation sites (tertiary alicyclic amines) is 1. The van der Waals surface area contributed by atoms with E-state index < -0.39 is 12.5 Å². The van der Waals surface area contributed by atoms with E-state index in [4.69, 9.17) is 14.6 Å². The Morgan fingerprint density at radius 1 is 1.32 bits per heavy atom. The van der Waals surface area contributed by atoms with Crippen LogP contribution in [0.4, 0.5) is 5.82 Å². The highest BCUT2D eigenvalue weighted by Gasteiger charge is 2.19. The second kappa shape index (κ2) is 10.1. The van der Waals surface area contributed by atoms with Crippen LogP contribution in [0.15, 0.2) is 61.6 Å². The van der Waals surface area contributed by atoms with Crippen LogP contribution in [-0.2, 0) is 6.61 Å². The molecule has 1 aromatic carbocycles. The van der Waals surface area contributed by atoms with E-state index in [0.29, 0.717) is 17.4 Å². The van der Waals surface area contributed by atoms with Gasteiger partial charge in [0.15, 0.2) is 11.6 Å². The van der Waals surface area contributed by atoms with Gasteiger partial charge in [-0.15, -0.1) is 0 Å². The minimum absolute atomic E-state index is 0.199. The number of nitrogens with two attached hydrogens (primary N) is 1. The Hall–Kier alpha value is -3.60. The normalized spacial score (nSPS) is 18.0. The number of rotatable bonds is 6. The lowest BCUT2D eigenvalue weighted by Gasteiger charge is -2.28. The lowest BCUT2D eigenvalue weighted by molar-refractivity contribution is 0.175. The molecule has 4 rings (SSSR count). The first-order valence-electron chi connectivity index (χ1n) is 12.7. The van der Waals surface area contributed by atoms with Gasteiger partial charge < -0.3 is 20.5 Å². The molecule has 1 unspecified atom stereocenters. The van der Waals surface area contributed by atoms with Gasteiger partial charge in [0.25, 0.3) is 0 Å². The van der Waals surface area contributed by atoms with Crippen LogP contribution >= 0.6 is 0 Å². The van der Waals surface area contributed by atoms with Gasteiger partial charge in [0.1, 0.15) is 12.2 Å². The lowest BCUT2D eigenvalue weighted by atomic mass is 10.1. The van der Waals surface area contributed by atoms with Crippen LogP contribution in [0.5, 0.6) is 5.75 Å². The minimum Gasteiger partial charge on any atom is -0.485 e. The number of anilines is 1. The van der Waals surface area contributed by atoms with Gasteiger partial charge in [-0.05, 0) is 69.7 Å². The molecular formula is C27H31N5O2. The van der Waals surface area contributed by atoms with Gasteiger partial charge >= 0.3 is 0 Å². The van der Waals surface area contributed by atoms with Crippen LogP contribution in [0.25, 0.3) is 11.1 Å². The van der Waals surface area contributed by atoms with Crippen LogP contribution in [0.3, 0.4) is 0 Å². The third-order valence-electron chi connectivity index (χ3n) is 5.89. The van der Waals surface area contributed by atoms with Gasteiger partial charge in [0.05, 0.1) is 12.2 Å². The first kappa shape index (κ1) is 19.8. The molecule has 176 valence electrons. The van der Waals surface area contributed by atoms with Crippen LogP contribution in [0, 0.1) is 11.8 Å². The standard InChI is InChI=1S/C27H31N5O2/c1-4-27(2,33)11-8-20-6-5-7-21(14-20)19-34-25-15-22(16-29-26(25)28)23-17-30-32(18-23)24-9-12-31(3)13-10-24/h4-7,14-18,24,33H,1,9-10,12-13,19H2,2-3H3,(H2,28,29)/i2D3. The zero-order valence-corrected chi connectivity index (χ0v) is 19.2. The lowest BCUT2D eigenvalue weighted by Crippen LogP contribution is -2.31. The van der Waals surface area contributed by atoms with Crippen molar-refractivity contribution in [3.63, 3.8) is 0 Å². The second-order valence-corrected chi connectivity index (χ2v) is 8.56. The van der Waals surface area contributed by atoms with Crippen molar-refractivity contribution in [3.05, 3.63) is 72.7 Å². The zero-order valence-electron chi connectivity index (χ0n) is 22.2. The maximum absolute atomic E-state index is 10.3. The molecule has 0 saturated carbocycles. The molecule has 1 aliphatic heterocycles. The number of hydrogen-bond acceptors (Lipinski definition) is 6. The average molecular weight is 461 g/mol. The smallest absolute Gasteiger partial charge is 0.166 e. The summed E-state index contributed by atoms with van der Waals surface area (Å²) in [5.74, 6) is 5.85. The summed E-state index contributed by atoms with van der Waals surface area (Å²) in [5.41, 5.74) is 6.91. The predicted molar refractivity (Wildman–Crippen MR) is 134 cm³/mol. The molecule has 1 saturated heterocycles. The number of aliphatic hydroxyl groups is 1. The van der Waals surface area contributed by atoms with Crippen LogP contribution in [0.1, 0.15) is 41.0 Å². The molecule has 0 radical (unpaired) electrons. The Kier molecular flexibility index (Phi) is 5.90. The molecule has 0 amide bonds. The summed E-state index contributed by atoms with van der Waals surface area (Å²) >= 11 is 0. The van der Waals surface area contributed by atoms with Crippen molar-refractivity contribution in [2.24, 2.45) is 0 Å². The van der Waals surface area contributed by atoms with E-state index >= 15 is 0 Å². The Balaban J connectivity index is 1.46. The highest BCUT2D eigenvalue weighted by Crippen LogP contribution is 2.29. The maximum Gasteiger partial charge on any atom is 0.166 e. The first-order valence-corrected chi connectivity index (χ1v) is 11.2.